The van der Waals surface area contributed by atoms with Crippen molar-refractivity contribution in [2.75, 3.05) is 6.61 Å². The molecule has 0 unspecified atom stereocenters. The molecule has 0 spiro atoms. The van der Waals surface area contributed by atoms with Crippen molar-refractivity contribution in [3.63, 3.8) is 0 Å². The lowest BCUT2D eigenvalue weighted by Gasteiger charge is -2.06. The van der Waals surface area contributed by atoms with Crippen LogP contribution in [0.1, 0.15) is 23.4 Å². The van der Waals surface area contributed by atoms with Gasteiger partial charge in [0, 0.05) is 24.4 Å². The Morgan fingerprint density at radius 1 is 1.25 bits per heavy atom. The van der Waals surface area contributed by atoms with Crippen molar-refractivity contribution in [1.82, 2.24) is 9.97 Å². The summed E-state index contributed by atoms with van der Waals surface area (Å²) in [6.07, 6.45) is 3.87. The van der Waals surface area contributed by atoms with Gasteiger partial charge < -0.3 is 9.84 Å². The van der Waals surface area contributed by atoms with Crippen LogP contribution >= 0.6 is 0 Å². The predicted molar refractivity (Wildman–Crippen MR) is 76.1 cm³/mol. The Bertz CT molecular complexity index is 615. The zero-order valence-corrected chi connectivity index (χ0v) is 11.3. The van der Waals surface area contributed by atoms with E-state index in [1.54, 1.807) is 18.5 Å². The smallest absolute Gasteiger partial charge is 0.166 e. The van der Waals surface area contributed by atoms with Gasteiger partial charge >= 0.3 is 0 Å². The molecule has 0 aliphatic carbocycles. The van der Waals surface area contributed by atoms with E-state index in [0.29, 0.717) is 18.9 Å². The first kappa shape index (κ1) is 14.0. The van der Waals surface area contributed by atoms with Gasteiger partial charge in [0.05, 0.1) is 6.61 Å². The van der Waals surface area contributed by atoms with Crippen molar-refractivity contribution in [2.45, 2.75) is 20.0 Å². The van der Waals surface area contributed by atoms with Crippen LogP contribution < -0.4 is 4.74 Å². The molecule has 102 valence electrons. The highest BCUT2D eigenvalue weighted by atomic mass is 16.5. The van der Waals surface area contributed by atoms with E-state index in [-0.39, 0.29) is 6.61 Å². The summed E-state index contributed by atoms with van der Waals surface area (Å²) < 4.78 is 5.64. The zero-order chi connectivity index (χ0) is 14.2. The fourth-order valence-corrected chi connectivity index (χ4v) is 1.63. The standard InChI is InChI=1S/C16H16N2O2/c1-13-11-15(7-6-14(13)5-2-3-10-19)20-12-16-17-8-4-9-18-16/h4,6-9,11,19H,3,10,12H2,1H3. The summed E-state index contributed by atoms with van der Waals surface area (Å²) >= 11 is 0. The van der Waals surface area contributed by atoms with E-state index >= 15 is 0 Å². The Kier molecular flexibility index (Phi) is 5.10. The zero-order valence-electron chi connectivity index (χ0n) is 11.3. The lowest BCUT2D eigenvalue weighted by Crippen LogP contribution is -2.00. The molecule has 1 N–H and O–H groups in total. The van der Waals surface area contributed by atoms with Crippen LogP contribution in [0, 0.1) is 18.8 Å². The van der Waals surface area contributed by atoms with Crippen molar-refractivity contribution >= 4 is 0 Å². The molecule has 4 nitrogen and oxygen atoms in total. The summed E-state index contributed by atoms with van der Waals surface area (Å²) in [5.74, 6) is 7.35. The van der Waals surface area contributed by atoms with E-state index in [4.69, 9.17) is 9.84 Å². The predicted octanol–water partition coefficient (Wildman–Crippen LogP) is 2.10. The molecule has 1 aromatic heterocycles. The lowest BCUT2D eigenvalue weighted by atomic mass is 10.1. The fraction of sp³-hybridized carbons (Fsp3) is 0.250. The minimum absolute atomic E-state index is 0.0876. The molecule has 0 amide bonds. The van der Waals surface area contributed by atoms with E-state index < -0.39 is 0 Å². The molecule has 4 heteroatoms. The maximum Gasteiger partial charge on any atom is 0.166 e. The summed E-state index contributed by atoms with van der Waals surface area (Å²) in [7, 11) is 0. The third kappa shape index (κ3) is 4.08. The Morgan fingerprint density at radius 3 is 2.75 bits per heavy atom. The van der Waals surface area contributed by atoms with Gasteiger partial charge in [-0.3, -0.25) is 0 Å². The Labute approximate surface area is 118 Å². The van der Waals surface area contributed by atoms with Gasteiger partial charge in [0.1, 0.15) is 12.4 Å². The highest BCUT2D eigenvalue weighted by molar-refractivity contribution is 5.44. The summed E-state index contributed by atoms with van der Waals surface area (Å²) in [6, 6.07) is 7.50. The maximum atomic E-state index is 8.70. The molecule has 1 heterocycles. The number of aliphatic hydroxyl groups is 1. The van der Waals surface area contributed by atoms with Gasteiger partial charge in [-0.15, -0.1) is 0 Å². The second-order valence-corrected chi connectivity index (χ2v) is 4.21. The number of benzene rings is 1. The monoisotopic (exact) mass is 268 g/mol. The van der Waals surface area contributed by atoms with E-state index in [1.165, 1.54) is 0 Å². The number of hydrogen-bond donors (Lipinski definition) is 1. The Hall–Kier alpha value is -2.38. The summed E-state index contributed by atoms with van der Waals surface area (Å²) in [4.78, 5) is 8.20. The molecule has 2 aromatic rings. The van der Waals surface area contributed by atoms with Crippen molar-refractivity contribution in [1.29, 1.82) is 0 Å². The molecule has 0 aliphatic rings. The van der Waals surface area contributed by atoms with Crippen molar-refractivity contribution in [3.05, 3.63) is 53.6 Å². The van der Waals surface area contributed by atoms with Crippen LogP contribution in [0.3, 0.4) is 0 Å². The highest BCUT2D eigenvalue weighted by Gasteiger charge is 2.00. The Balaban J connectivity index is 2.01. The molecular weight excluding hydrogens is 252 g/mol. The van der Waals surface area contributed by atoms with E-state index in [1.807, 2.05) is 25.1 Å². The number of ether oxygens (including phenoxy) is 1. The van der Waals surface area contributed by atoms with Gasteiger partial charge in [0.2, 0.25) is 0 Å². The minimum atomic E-state index is 0.0876. The topological polar surface area (TPSA) is 55.2 Å². The average molecular weight is 268 g/mol. The van der Waals surface area contributed by atoms with Gasteiger partial charge in [-0.2, -0.15) is 0 Å². The van der Waals surface area contributed by atoms with Crippen molar-refractivity contribution < 1.29 is 9.84 Å². The van der Waals surface area contributed by atoms with Crippen LogP contribution in [-0.2, 0) is 6.61 Å². The average Bonchev–Trinajstić information content (AvgIpc) is 2.48. The van der Waals surface area contributed by atoms with Crippen LogP contribution in [0.4, 0.5) is 0 Å². The van der Waals surface area contributed by atoms with Gasteiger partial charge in [-0.25, -0.2) is 9.97 Å². The van der Waals surface area contributed by atoms with E-state index in [9.17, 15) is 0 Å². The van der Waals surface area contributed by atoms with Crippen LogP contribution in [0.2, 0.25) is 0 Å². The maximum absolute atomic E-state index is 8.70. The largest absolute Gasteiger partial charge is 0.486 e. The van der Waals surface area contributed by atoms with Crippen LogP contribution in [0.5, 0.6) is 5.75 Å². The second-order valence-electron chi connectivity index (χ2n) is 4.21. The van der Waals surface area contributed by atoms with Crippen molar-refractivity contribution in [2.24, 2.45) is 0 Å². The molecule has 0 bridgehead atoms. The SMILES string of the molecule is Cc1cc(OCc2ncccn2)ccc1C#CCCO. The number of nitrogens with zero attached hydrogens (tertiary/aromatic N) is 2. The molecule has 0 saturated carbocycles. The summed E-state index contributed by atoms with van der Waals surface area (Å²) in [5.41, 5.74) is 1.99. The quantitative estimate of drug-likeness (QED) is 0.863. The molecule has 0 aliphatic heterocycles. The lowest BCUT2D eigenvalue weighted by molar-refractivity contribution is 0.295. The van der Waals surface area contributed by atoms with Gasteiger partial charge in [0.25, 0.3) is 0 Å². The second kappa shape index (κ2) is 7.27. The van der Waals surface area contributed by atoms with Gasteiger partial charge in [-0.1, -0.05) is 11.8 Å². The molecule has 20 heavy (non-hydrogen) atoms. The first-order valence-corrected chi connectivity index (χ1v) is 6.38. The number of hydrogen-bond acceptors (Lipinski definition) is 4. The van der Waals surface area contributed by atoms with E-state index in [2.05, 4.69) is 21.8 Å². The number of aromatic nitrogens is 2. The number of rotatable bonds is 4. The fourth-order valence-electron chi connectivity index (χ4n) is 1.63. The first-order valence-electron chi connectivity index (χ1n) is 6.38. The number of aryl methyl sites for hydroxylation is 1. The third-order valence-corrected chi connectivity index (χ3v) is 2.64. The molecule has 1 aromatic carbocycles. The summed E-state index contributed by atoms with van der Waals surface area (Å²) in [5, 5.41) is 8.70. The van der Waals surface area contributed by atoms with Crippen LogP contribution in [-0.4, -0.2) is 21.7 Å². The van der Waals surface area contributed by atoms with Gasteiger partial charge in [-0.05, 0) is 36.8 Å². The van der Waals surface area contributed by atoms with Crippen LogP contribution in [0.25, 0.3) is 0 Å². The molecule has 0 atom stereocenters. The third-order valence-electron chi connectivity index (χ3n) is 2.64. The minimum Gasteiger partial charge on any atom is -0.486 e. The summed E-state index contributed by atoms with van der Waals surface area (Å²) in [6.45, 7) is 2.41. The van der Waals surface area contributed by atoms with Crippen LogP contribution in [0.15, 0.2) is 36.7 Å². The van der Waals surface area contributed by atoms with Crippen molar-refractivity contribution in [3.8, 4) is 17.6 Å². The molecule has 0 saturated heterocycles. The first-order chi connectivity index (χ1) is 9.79. The normalized spacial score (nSPS) is 9.70. The number of aliphatic hydroxyl groups excluding tert-OH is 1. The van der Waals surface area contributed by atoms with E-state index in [0.717, 1.165) is 16.9 Å². The molecule has 0 fully saturated rings. The highest BCUT2D eigenvalue weighted by Crippen LogP contribution is 2.17. The molecule has 2 rings (SSSR count). The van der Waals surface area contributed by atoms with Gasteiger partial charge in [0.15, 0.2) is 5.82 Å². The molecular formula is C16H16N2O2. The molecule has 0 radical (unpaired) electrons. The Morgan fingerprint density at radius 2 is 2.05 bits per heavy atom.